The van der Waals surface area contributed by atoms with E-state index in [0.717, 1.165) is 22.1 Å². The molecule has 0 saturated heterocycles. The zero-order valence-corrected chi connectivity index (χ0v) is 18.1. The van der Waals surface area contributed by atoms with E-state index in [4.69, 9.17) is 19.0 Å². The van der Waals surface area contributed by atoms with Crippen molar-refractivity contribution in [2.24, 2.45) is 0 Å². The zero-order chi connectivity index (χ0) is 22.9. The maximum Gasteiger partial charge on any atom is 0.229 e. The summed E-state index contributed by atoms with van der Waals surface area (Å²) < 4.78 is 17.7. The number of furan rings is 1. The molecule has 1 N–H and O–H groups in total. The highest BCUT2D eigenvalue weighted by Gasteiger charge is 2.28. The van der Waals surface area contributed by atoms with Crippen molar-refractivity contribution in [1.82, 2.24) is 0 Å². The molecule has 0 aliphatic carbocycles. The molecule has 5 heteroatoms. The molecule has 164 valence electrons. The van der Waals surface area contributed by atoms with Gasteiger partial charge in [-0.3, -0.25) is 4.79 Å². The van der Waals surface area contributed by atoms with Gasteiger partial charge in [0.05, 0.1) is 12.0 Å². The lowest BCUT2D eigenvalue weighted by atomic mass is 9.94. The third-order valence-corrected chi connectivity index (χ3v) is 5.57. The van der Waals surface area contributed by atoms with Gasteiger partial charge in [0.15, 0.2) is 5.76 Å². The average molecular weight is 438 g/mol. The molecule has 4 aromatic rings. The van der Waals surface area contributed by atoms with Crippen LogP contribution in [0.2, 0.25) is 0 Å². The van der Waals surface area contributed by atoms with Gasteiger partial charge in [-0.25, -0.2) is 0 Å². The lowest BCUT2D eigenvalue weighted by molar-refractivity contribution is 0.101. The molecule has 1 aromatic heterocycles. The van der Waals surface area contributed by atoms with Crippen molar-refractivity contribution in [3.05, 3.63) is 102 Å². The molecule has 0 spiro atoms. The Morgan fingerprint density at radius 2 is 1.88 bits per heavy atom. The molecule has 0 fully saturated rings. The van der Waals surface area contributed by atoms with E-state index in [1.54, 1.807) is 24.3 Å². The number of ether oxygens (including phenoxy) is 2. The monoisotopic (exact) mass is 438 g/mol. The highest BCUT2D eigenvalue weighted by molar-refractivity contribution is 6.17. The van der Waals surface area contributed by atoms with Crippen molar-refractivity contribution in [3.8, 4) is 22.6 Å². The summed E-state index contributed by atoms with van der Waals surface area (Å²) in [6.45, 7) is 6.02. The SMILES string of the molecule is C=C1C=C(C)c2ccc3oc(C(=O)c4cccc(OCCO)c4)c(-c4ccccc4)c3c2O1. The lowest BCUT2D eigenvalue weighted by Crippen LogP contribution is -2.05. The largest absolute Gasteiger partial charge is 0.491 e. The first-order valence-corrected chi connectivity index (χ1v) is 10.7. The standard InChI is InChI=1S/C28H22O5/c1-17-15-18(2)32-27-22(17)11-12-23-25(27)24(19-7-4-3-5-8-19)28(33-23)26(30)20-9-6-10-21(16-20)31-14-13-29/h3-12,15-16,29H,2,13-14H2,1H3. The molecule has 1 aliphatic rings. The van der Waals surface area contributed by atoms with Gasteiger partial charge >= 0.3 is 0 Å². The van der Waals surface area contributed by atoms with Crippen molar-refractivity contribution >= 4 is 22.3 Å². The van der Waals surface area contributed by atoms with Gasteiger partial charge in [0.2, 0.25) is 5.78 Å². The molecule has 3 aromatic carbocycles. The molecular weight excluding hydrogens is 416 g/mol. The number of aliphatic hydroxyl groups is 1. The number of rotatable bonds is 6. The Kier molecular flexibility index (Phi) is 5.32. The summed E-state index contributed by atoms with van der Waals surface area (Å²) in [5.41, 5.74) is 4.48. The van der Waals surface area contributed by atoms with Crippen LogP contribution in [0.4, 0.5) is 0 Å². The van der Waals surface area contributed by atoms with Crippen molar-refractivity contribution in [2.45, 2.75) is 6.92 Å². The van der Waals surface area contributed by atoms with Crippen molar-refractivity contribution in [3.63, 3.8) is 0 Å². The van der Waals surface area contributed by atoms with Crippen LogP contribution in [-0.2, 0) is 0 Å². The smallest absolute Gasteiger partial charge is 0.229 e. The minimum atomic E-state index is -0.268. The Hall–Kier alpha value is -4.09. The minimum absolute atomic E-state index is 0.107. The summed E-state index contributed by atoms with van der Waals surface area (Å²) in [5.74, 6) is 1.64. The van der Waals surface area contributed by atoms with Crippen LogP contribution < -0.4 is 9.47 Å². The topological polar surface area (TPSA) is 68.9 Å². The maximum absolute atomic E-state index is 13.7. The van der Waals surface area contributed by atoms with Crippen molar-refractivity contribution in [1.29, 1.82) is 0 Å². The second kappa shape index (κ2) is 8.45. The molecule has 0 amide bonds. The number of carbonyl (C=O) groups excluding carboxylic acids is 1. The van der Waals surface area contributed by atoms with Crippen LogP contribution in [0.25, 0.3) is 27.7 Å². The summed E-state index contributed by atoms with van der Waals surface area (Å²) in [5, 5.41) is 9.77. The summed E-state index contributed by atoms with van der Waals surface area (Å²) in [6.07, 6.45) is 1.89. The number of ketones is 1. The average Bonchev–Trinajstić information content (AvgIpc) is 3.23. The minimum Gasteiger partial charge on any atom is -0.491 e. The first-order valence-electron chi connectivity index (χ1n) is 10.7. The quantitative estimate of drug-likeness (QED) is 0.373. The fourth-order valence-electron chi connectivity index (χ4n) is 4.12. The predicted octanol–water partition coefficient (Wildman–Crippen LogP) is 6.01. The molecule has 33 heavy (non-hydrogen) atoms. The van der Waals surface area contributed by atoms with Crippen LogP contribution in [0.1, 0.15) is 28.6 Å². The first-order chi connectivity index (χ1) is 16.1. The van der Waals surface area contributed by atoms with Crippen LogP contribution in [0.5, 0.6) is 11.5 Å². The van der Waals surface area contributed by atoms with Crippen LogP contribution in [-0.4, -0.2) is 24.1 Å². The van der Waals surface area contributed by atoms with E-state index in [0.29, 0.717) is 34.0 Å². The Balaban J connectivity index is 1.73. The van der Waals surface area contributed by atoms with E-state index < -0.39 is 0 Å². The maximum atomic E-state index is 13.7. The van der Waals surface area contributed by atoms with Gasteiger partial charge in [0, 0.05) is 16.7 Å². The number of carbonyl (C=O) groups is 1. The summed E-state index contributed by atoms with van der Waals surface area (Å²) in [6, 6.07) is 20.3. The summed E-state index contributed by atoms with van der Waals surface area (Å²) in [4.78, 5) is 13.7. The zero-order valence-electron chi connectivity index (χ0n) is 18.1. The lowest BCUT2D eigenvalue weighted by Gasteiger charge is -2.18. The van der Waals surface area contributed by atoms with Crippen LogP contribution in [0, 0.1) is 0 Å². The molecule has 2 heterocycles. The molecular formula is C28H22O5. The summed E-state index contributed by atoms with van der Waals surface area (Å²) >= 11 is 0. The highest BCUT2D eigenvalue weighted by atomic mass is 16.5. The van der Waals surface area contributed by atoms with E-state index in [1.807, 2.05) is 55.5 Å². The normalized spacial score (nSPS) is 12.8. The number of allylic oxidation sites excluding steroid dienone is 2. The van der Waals surface area contributed by atoms with Gasteiger partial charge in [-0.2, -0.15) is 0 Å². The second-order valence-corrected chi connectivity index (χ2v) is 7.81. The molecule has 0 bridgehead atoms. The molecule has 5 rings (SSSR count). The van der Waals surface area contributed by atoms with Gasteiger partial charge < -0.3 is 19.0 Å². The fourth-order valence-corrected chi connectivity index (χ4v) is 4.12. The highest BCUT2D eigenvalue weighted by Crippen LogP contribution is 2.46. The van der Waals surface area contributed by atoms with E-state index in [-0.39, 0.29) is 24.8 Å². The third kappa shape index (κ3) is 3.73. The van der Waals surface area contributed by atoms with Crippen LogP contribution in [0.15, 0.2) is 89.6 Å². The van der Waals surface area contributed by atoms with E-state index >= 15 is 0 Å². The molecule has 0 atom stereocenters. The molecule has 0 saturated carbocycles. The number of fused-ring (bicyclic) bond motifs is 3. The van der Waals surface area contributed by atoms with E-state index in [2.05, 4.69) is 6.58 Å². The first kappa shape index (κ1) is 20.8. The number of hydrogen-bond donors (Lipinski definition) is 1. The predicted molar refractivity (Wildman–Crippen MR) is 128 cm³/mol. The van der Waals surface area contributed by atoms with E-state index in [1.165, 1.54) is 0 Å². The Morgan fingerprint density at radius 3 is 2.67 bits per heavy atom. The Labute approximate surface area is 191 Å². The molecule has 0 unspecified atom stereocenters. The number of aliphatic hydroxyl groups excluding tert-OH is 1. The van der Waals surface area contributed by atoms with Gasteiger partial charge in [-0.1, -0.05) is 49.0 Å². The van der Waals surface area contributed by atoms with Gasteiger partial charge in [-0.05, 0) is 48.4 Å². The van der Waals surface area contributed by atoms with Gasteiger partial charge in [0.1, 0.15) is 29.4 Å². The molecule has 1 aliphatic heterocycles. The second-order valence-electron chi connectivity index (χ2n) is 7.81. The van der Waals surface area contributed by atoms with Crippen LogP contribution >= 0.6 is 0 Å². The fraction of sp³-hybridized carbons (Fsp3) is 0.107. The van der Waals surface area contributed by atoms with E-state index in [9.17, 15) is 4.79 Å². The van der Waals surface area contributed by atoms with Crippen molar-refractivity contribution < 1.29 is 23.8 Å². The van der Waals surface area contributed by atoms with Crippen LogP contribution in [0.3, 0.4) is 0 Å². The van der Waals surface area contributed by atoms with Gasteiger partial charge in [0.25, 0.3) is 0 Å². The summed E-state index contributed by atoms with van der Waals surface area (Å²) in [7, 11) is 0. The molecule has 5 nitrogen and oxygen atoms in total. The third-order valence-electron chi connectivity index (χ3n) is 5.57. The number of benzene rings is 3. The molecule has 0 radical (unpaired) electrons. The Morgan fingerprint density at radius 1 is 1.06 bits per heavy atom. The number of hydrogen-bond acceptors (Lipinski definition) is 5. The van der Waals surface area contributed by atoms with Crippen molar-refractivity contribution in [2.75, 3.05) is 13.2 Å². The Bertz CT molecular complexity index is 1410. The van der Waals surface area contributed by atoms with Gasteiger partial charge in [-0.15, -0.1) is 0 Å².